The largest absolute Gasteiger partial charge is 0.472 e. The van der Waals surface area contributed by atoms with E-state index in [-0.39, 0.29) is 44.9 Å². The SMILES string of the molecule is CCCCCCCCCCCCCCCC(=O)OC[C@H](COP(=O)(O)OCCNC(=O)CCS)OC(=O)CCCCCCC[C@H]1C[C@@H]1CCCCCCCC. The van der Waals surface area contributed by atoms with Crippen LogP contribution in [0.4, 0.5) is 0 Å². The molecule has 1 rings (SSSR count). The lowest BCUT2D eigenvalue weighted by Gasteiger charge is -2.20. The second-order valence-electron chi connectivity index (χ2n) is 15.8. The number of phosphoric ester groups is 1. The first-order valence-corrected chi connectivity index (χ1v) is 24.7. The number of phosphoric acid groups is 1. The zero-order chi connectivity index (χ0) is 40.2. The van der Waals surface area contributed by atoms with Gasteiger partial charge in [0.25, 0.3) is 0 Å². The third kappa shape index (κ3) is 33.5. The Morgan fingerprint density at radius 3 is 1.58 bits per heavy atom. The third-order valence-electron chi connectivity index (χ3n) is 10.6. The summed E-state index contributed by atoms with van der Waals surface area (Å²) >= 11 is 4.00. The lowest BCUT2D eigenvalue weighted by Crippen LogP contribution is -2.30. The van der Waals surface area contributed by atoms with Crippen molar-refractivity contribution in [3.63, 3.8) is 0 Å². The van der Waals surface area contributed by atoms with Crippen molar-refractivity contribution in [3.05, 3.63) is 0 Å². The number of rotatable bonds is 41. The maximum Gasteiger partial charge on any atom is 0.472 e. The Labute approximate surface area is 341 Å². The van der Waals surface area contributed by atoms with E-state index in [9.17, 15) is 23.8 Å². The topological polar surface area (TPSA) is 137 Å². The second kappa shape index (κ2) is 36.0. The summed E-state index contributed by atoms with van der Waals surface area (Å²) in [4.78, 5) is 46.9. The molecule has 0 heterocycles. The molecule has 0 spiro atoms. The van der Waals surface area contributed by atoms with Crippen molar-refractivity contribution in [1.82, 2.24) is 5.32 Å². The van der Waals surface area contributed by atoms with Crippen molar-refractivity contribution < 1.29 is 42.4 Å². The van der Waals surface area contributed by atoms with Crippen molar-refractivity contribution >= 4 is 38.3 Å². The van der Waals surface area contributed by atoms with Gasteiger partial charge < -0.3 is 19.7 Å². The fourth-order valence-corrected chi connectivity index (χ4v) is 8.03. The molecule has 0 saturated heterocycles. The van der Waals surface area contributed by atoms with Gasteiger partial charge in [-0.2, -0.15) is 12.6 Å². The summed E-state index contributed by atoms with van der Waals surface area (Å²) in [5, 5.41) is 2.56. The smallest absolute Gasteiger partial charge is 0.462 e. The van der Waals surface area contributed by atoms with Crippen LogP contribution in [0, 0.1) is 11.8 Å². The Bertz CT molecular complexity index is 1000. The number of hydrogen-bond acceptors (Lipinski definition) is 9. The maximum atomic E-state index is 12.7. The monoisotopic (exact) mass is 820 g/mol. The molecule has 1 aliphatic rings. The summed E-state index contributed by atoms with van der Waals surface area (Å²) in [6, 6.07) is 0. The van der Waals surface area contributed by atoms with E-state index in [1.54, 1.807) is 0 Å². The number of amides is 1. The molecule has 1 amide bonds. The van der Waals surface area contributed by atoms with E-state index in [1.807, 2.05) is 0 Å². The van der Waals surface area contributed by atoms with Crippen LogP contribution in [0.5, 0.6) is 0 Å². The van der Waals surface area contributed by atoms with Crippen LogP contribution >= 0.6 is 20.5 Å². The molecule has 0 radical (unpaired) electrons. The molecule has 0 aliphatic heterocycles. The molecule has 10 nitrogen and oxygen atoms in total. The van der Waals surface area contributed by atoms with E-state index < -0.39 is 32.5 Å². The lowest BCUT2D eigenvalue weighted by atomic mass is 10.0. The van der Waals surface area contributed by atoms with Crippen molar-refractivity contribution in [2.24, 2.45) is 11.8 Å². The zero-order valence-corrected chi connectivity index (χ0v) is 36.9. The number of carbonyl (C=O) groups excluding carboxylic acids is 3. The van der Waals surface area contributed by atoms with Crippen LogP contribution in [0.25, 0.3) is 0 Å². The fraction of sp³-hybridized carbons (Fsp3) is 0.930. The quantitative estimate of drug-likeness (QED) is 0.0238. The van der Waals surface area contributed by atoms with Crippen LogP contribution in [0.1, 0.15) is 206 Å². The van der Waals surface area contributed by atoms with Crippen molar-refractivity contribution in [2.45, 2.75) is 213 Å². The van der Waals surface area contributed by atoms with Gasteiger partial charge in [-0.3, -0.25) is 23.4 Å². The molecule has 0 aromatic rings. The number of thiol groups is 1. The molecule has 1 fully saturated rings. The van der Waals surface area contributed by atoms with Crippen LogP contribution < -0.4 is 5.32 Å². The highest BCUT2D eigenvalue weighted by molar-refractivity contribution is 7.80. The number of hydrogen-bond donors (Lipinski definition) is 3. The van der Waals surface area contributed by atoms with Gasteiger partial charge in [0.2, 0.25) is 5.91 Å². The van der Waals surface area contributed by atoms with Crippen molar-refractivity contribution in [1.29, 1.82) is 0 Å². The summed E-state index contributed by atoms with van der Waals surface area (Å²) in [6.45, 7) is 3.54. The van der Waals surface area contributed by atoms with E-state index in [0.717, 1.165) is 43.9 Å². The van der Waals surface area contributed by atoms with Gasteiger partial charge in [0.1, 0.15) is 6.61 Å². The molecule has 0 bridgehead atoms. The molecule has 2 N–H and O–H groups in total. The minimum atomic E-state index is -4.51. The number of nitrogens with one attached hydrogen (secondary N) is 1. The minimum absolute atomic E-state index is 0.0239. The zero-order valence-electron chi connectivity index (χ0n) is 35.1. The summed E-state index contributed by atoms with van der Waals surface area (Å²) in [5.41, 5.74) is 0. The Hall–Kier alpha value is -1.13. The Morgan fingerprint density at radius 2 is 1.09 bits per heavy atom. The molecule has 0 aromatic carbocycles. The highest BCUT2D eigenvalue weighted by atomic mass is 32.1. The van der Waals surface area contributed by atoms with Crippen LogP contribution in [-0.4, -0.2) is 61.0 Å². The highest BCUT2D eigenvalue weighted by Crippen LogP contribution is 2.46. The van der Waals surface area contributed by atoms with Gasteiger partial charge in [-0.1, -0.05) is 168 Å². The predicted molar refractivity (Wildman–Crippen MR) is 226 cm³/mol. The van der Waals surface area contributed by atoms with E-state index in [0.29, 0.717) is 12.2 Å². The Morgan fingerprint density at radius 1 is 0.636 bits per heavy atom. The third-order valence-corrected chi connectivity index (χ3v) is 11.8. The summed E-state index contributed by atoms with van der Waals surface area (Å²) in [7, 11) is -4.51. The molecular weight excluding hydrogens is 738 g/mol. The number of esters is 2. The standard InChI is InChI=1S/C43H82NO9PS/c1-3-5-7-9-11-12-13-14-15-16-17-21-25-29-42(46)50-36-40(37-52-54(48,49)51-33-32-44-41(45)31-34-55)53-43(47)30-26-22-18-20-24-28-39-35-38(39)27-23-19-10-8-6-4-2/h38-40,55H,3-37H2,1-2H3,(H,44,45)(H,48,49)/t38-,39-,40+/m0/s1. The fourth-order valence-electron chi connectivity index (χ4n) is 7.07. The predicted octanol–water partition coefficient (Wildman–Crippen LogP) is 11.6. The van der Waals surface area contributed by atoms with Gasteiger partial charge in [-0.25, -0.2) is 4.57 Å². The molecule has 1 aliphatic carbocycles. The van der Waals surface area contributed by atoms with Gasteiger partial charge in [0.05, 0.1) is 13.2 Å². The molecule has 55 heavy (non-hydrogen) atoms. The summed E-state index contributed by atoms with van der Waals surface area (Å²) in [6.07, 6.45) is 32.9. The number of carbonyl (C=O) groups is 3. The molecule has 4 atom stereocenters. The van der Waals surface area contributed by atoms with E-state index in [2.05, 4.69) is 31.8 Å². The molecular formula is C43H82NO9PS. The van der Waals surface area contributed by atoms with Gasteiger partial charge >= 0.3 is 19.8 Å². The molecule has 1 unspecified atom stereocenters. The van der Waals surface area contributed by atoms with Crippen LogP contribution in [0.15, 0.2) is 0 Å². The van der Waals surface area contributed by atoms with E-state index in [4.69, 9.17) is 18.5 Å². The lowest BCUT2D eigenvalue weighted by molar-refractivity contribution is -0.161. The van der Waals surface area contributed by atoms with Gasteiger partial charge in [-0.05, 0) is 36.9 Å². The number of unbranched alkanes of at least 4 members (excludes halogenated alkanes) is 21. The normalized spacial score (nSPS) is 16.7. The Balaban J connectivity index is 2.31. The highest BCUT2D eigenvalue weighted by Gasteiger charge is 2.35. The van der Waals surface area contributed by atoms with Crippen molar-refractivity contribution in [3.8, 4) is 0 Å². The van der Waals surface area contributed by atoms with Gasteiger partial charge in [0.15, 0.2) is 6.10 Å². The van der Waals surface area contributed by atoms with Gasteiger partial charge in [0, 0.05) is 25.8 Å². The molecule has 324 valence electrons. The molecule has 1 saturated carbocycles. The Kier molecular flexibility index (Phi) is 34.0. The van der Waals surface area contributed by atoms with E-state index in [1.165, 1.54) is 135 Å². The summed E-state index contributed by atoms with van der Waals surface area (Å²) in [5.74, 6) is 1.17. The molecule has 0 aromatic heterocycles. The van der Waals surface area contributed by atoms with Gasteiger partial charge in [-0.15, -0.1) is 0 Å². The minimum Gasteiger partial charge on any atom is -0.462 e. The van der Waals surface area contributed by atoms with E-state index >= 15 is 0 Å². The number of ether oxygens (including phenoxy) is 2. The average Bonchev–Trinajstić information content (AvgIpc) is 3.92. The first-order valence-electron chi connectivity index (χ1n) is 22.5. The maximum absolute atomic E-state index is 12.7. The first kappa shape index (κ1) is 51.9. The van der Waals surface area contributed by atoms with Crippen LogP contribution in [-0.2, 0) is 37.5 Å². The van der Waals surface area contributed by atoms with Crippen molar-refractivity contribution in [2.75, 3.05) is 32.1 Å². The summed E-state index contributed by atoms with van der Waals surface area (Å²) < 4.78 is 33.5. The molecule has 12 heteroatoms. The second-order valence-corrected chi connectivity index (χ2v) is 17.7. The first-order chi connectivity index (χ1) is 26.7. The van der Waals surface area contributed by atoms with Crippen LogP contribution in [0.2, 0.25) is 0 Å². The average molecular weight is 820 g/mol. The van der Waals surface area contributed by atoms with Crippen LogP contribution in [0.3, 0.4) is 0 Å².